The number of hydrogen-bond donors (Lipinski definition) is 1. The number of aliphatic hydroxyl groups is 1. The predicted molar refractivity (Wildman–Crippen MR) is 38.8 cm³/mol. The van der Waals surface area contributed by atoms with E-state index < -0.39 is 36.6 Å². The monoisotopic (exact) mass is 177 g/mol. The van der Waals surface area contributed by atoms with Crippen molar-refractivity contribution < 1.29 is 22.7 Å². The average Bonchev–Trinajstić information content (AvgIpc) is 1.99. The highest BCUT2D eigenvalue weighted by Crippen LogP contribution is 2.19. The van der Waals surface area contributed by atoms with Crippen molar-refractivity contribution in [2.45, 2.75) is 6.61 Å². The van der Waals surface area contributed by atoms with E-state index in [1.54, 1.807) is 0 Å². The first-order valence-electron chi connectivity index (χ1n) is 4.61. The number of hydrogen-bond acceptors (Lipinski definition) is 2. The van der Waals surface area contributed by atoms with E-state index >= 15 is 0 Å². The van der Waals surface area contributed by atoms with Crippen LogP contribution >= 0.6 is 0 Å². The number of rotatable bonds is 2. The first kappa shape index (κ1) is 5.48. The number of methoxy groups -OCH3 is 1. The molecule has 0 heterocycles. The van der Waals surface area contributed by atoms with Gasteiger partial charge in [-0.1, -0.05) is 0 Å². The summed E-state index contributed by atoms with van der Waals surface area (Å²) >= 11 is 0. The number of aliphatic hydroxyl groups excluding tert-OH is 1. The van der Waals surface area contributed by atoms with Gasteiger partial charge in [-0.05, 0) is 0 Å². The van der Waals surface area contributed by atoms with E-state index in [1.165, 1.54) is 0 Å². The maximum Gasteiger partial charge on any atom is 0.135 e. The second-order valence-corrected chi connectivity index (χ2v) is 2.13. The van der Waals surface area contributed by atoms with Crippen molar-refractivity contribution in [2.75, 3.05) is 7.04 Å². The molecular formula is C8H8F2O2. The third kappa shape index (κ3) is 1.53. The Bertz CT molecular complexity index is 342. The van der Waals surface area contributed by atoms with Gasteiger partial charge in [0.2, 0.25) is 0 Å². The quantitative estimate of drug-likeness (QED) is 0.741. The normalized spacial score (nSPS) is 14.8. The highest BCUT2D eigenvalue weighted by atomic mass is 19.1. The van der Waals surface area contributed by atoms with Crippen molar-refractivity contribution in [2.24, 2.45) is 0 Å². The Morgan fingerprint density at radius 3 is 2.50 bits per heavy atom. The summed E-state index contributed by atoms with van der Waals surface area (Å²) in [5.74, 6) is -2.53. The van der Waals surface area contributed by atoms with Gasteiger partial charge in [0.05, 0.1) is 17.8 Å². The van der Waals surface area contributed by atoms with Crippen LogP contribution in [0.3, 0.4) is 0 Å². The number of ether oxygens (including phenoxy) is 1. The number of benzene rings is 1. The molecule has 1 aromatic rings. The Hall–Kier alpha value is -1.16. The molecular weight excluding hydrogens is 166 g/mol. The van der Waals surface area contributed by atoms with Gasteiger partial charge >= 0.3 is 0 Å². The summed E-state index contributed by atoms with van der Waals surface area (Å²) in [7, 11) is -2.76. The van der Waals surface area contributed by atoms with Gasteiger partial charge in [0.15, 0.2) is 0 Å². The lowest BCUT2D eigenvalue weighted by Gasteiger charge is -2.04. The molecule has 66 valence electrons. The van der Waals surface area contributed by atoms with E-state index in [1.807, 2.05) is 0 Å². The lowest BCUT2D eigenvalue weighted by atomic mass is 10.2. The van der Waals surface area contributed by atoms with Crippen LogP contribution in [0, 0.1) is 11.6 Å². The van der Waals surface area contributed by atoms with Gasteiger partial charge in [0.1, 0.15) is 17.4 Å². The molecule has 0 aromatic heterocycles. The zero-order chi connectivity index (χ0) is 11.6. The highest BCUT2D eigenvalue weighted by molar-refractivity contribution is 5.29. The maximum atomic E-state index is 13.0. The van der Waals surface area contributed by atoms with Gasteiger partial charge in [-0.25, -0.2) is 8.78 Å². The van der Waals surface area contributed by atoms with Crippen LogP contribution in [-0.2, 0) is 6.61 Å². The molecule has 0 radical (unpaired) electrons. The van der Waals surface area contributed by atoms with Crippen molar-refractivity contribution in [3.8, 4) is 5.75 Å². The van der Waals surface area contributed by atoms with Crippen molar-refractivity contribution in [3.63, 3.8) is 0 Å². The van der Waals surface area contributed by atoms with E-state index in [4.69, 9.17) is 9.22 Å². The Labute approximate surface area is 72.6 Å². The minimum absolute atomic E-state index is 0.442. The molecule has 0 aliphatic carbocycles. The molecule has 1 rings (SSSR count). The van der Waals surface area contributed by atoms with E-state index in [2.05, 4.69) is 4.74 Å². The van der Waals surface area contributed by atoms with Gasteiger partial charge < -0.3 is 9.84 Å². The SMILES string of the molecule is [2H]C([2H])([2H])Oc1cc(F)c(CO)c(F)c1. The summed E-state index contributed by atoms with van der Waals surface area (Å²) < 4.78 is 50.5. The summed E-state index contributed by atoms with van der Waals surface area (Å²) in [6.45, 7) is -0.800. The van der Waals surface area contributed by atoms with Gasteiger partial charge in [-0.3, -0.25) is 0 Å². The highest BCUT2D eigenvalue weighted by Gasteiger charge is 2.09. The first-order chi connectivity index (χ1) is 6.83. The molecule has 0 spiro atoms. The van der Waals surface area contributed by atoms with Crippen LogP contribution in [0.15, 0.2) is 12.1 Å². The molecule has 2 nitrogen and oxygen atoms in total. The van der Waals surface area contributed by atoms with Crippen LogP contribution in [0.4, 0.5) is 8.78 Å². The Balaban J connectivity index is 3.04. The van der Waals surface area contributed by atoms with E-state index in [9.17, 15) is 8.78 Å². The van der Waals surface area contributed by atoms with Crippen LogP contribution < -0.4 is 4.74 Å². The zero-order valence-electron chi connectivity index (χ0n) is 8.97. The summed E-state index contributed by atoms with van der Waals surface area (Å²) in [4.78, 5) is 0. The minimum atomic E-state index is -2.76. The molecule has 0 fully saturated rings. The minimum Gasteiger partial charge on any atom is -0.497 e. The molecule has 0 amide bonds. The summed E-state index contributed by atoms with van der Waals surface area (Å²) in [6, 6.07) is 1.42. The lowest BCUT2D eigenvalue weighted by molar-refractivity contribution is 0.268. The van der Waals surface area contributed by atoms with Crippen LogP contribution in [-0.4, -0.2) is 12.1 Å². The third-order valence-electron chi connectivity index (χ3n) is 1.39. The van der Waals surface area contributed by atoms with Crippen molar-refractivity contribution >= 4 is 0 Å². The first-order valence-corrected chi connectivity index (χ1v) is 3.11. The van der Waals surface area contributed by atoms with Crippen molar-refractivity contribution in [1.82, 2.24) is 0 Å². The molecule has 12 heavy (non-hydrogen) atoms. The fraction of sp³-hybridized carbons (Fsp3) is 0.250. The van der Waals surface area contributed by atoms with E-state index in [-0.39, 0.29) is 0 Å². The zero-order valence-corrected chi connectivity index (χ0v) is 5.97. The molecule has 0 aliphatic heterocycles. The summed E-state index contributed by atoms with van der Waals surface area (Å²) in [5.41, 5.74) is -0.520. The Morgan fingerprint density at radius 2 is 2.08 bits per heavy atom. The number of halogens is 2. The van der Waals surface area contributed by atoms with Crippen LogP contribution in [0.1, 0.15) is 9.68 Å². The summed E-state index contributed by atoms with van der Waals surface area (Å²) in [6.07, 6.45) is 0. The third-order valence-corrected chi connectivity index (χ3v) is 1.39. The predicted octanol–water partition coefficient (Wildman–Crippen LogP) is 1.47. The van der Waals surface area contributed by atoms with E-state index in [0.717, 1.165) is 0 Å². The Morgan fingerprint density at radius 1 is 1.50 bits per heavy atom. The van der Waals surface area contributed by atoms with Gasteiger partial charge in [0.25, 0.3) is 0 Å². The second kappa shape index (κ2) is 3.49. The van der Waals surface area contributed by atoms with Crippen molar-refractivity contribution in [1.29, 1.82) is 0 Å². The van der Waals surface area contributed by atoms with Crippen LogP contribution in [0.25, 0.3) is 0 Å². The van der Waals surface area contributed by atoms with Gasteiger partial charge in [-0.15, -0.1) is 0 Å². The molecule has 1 N–H and O–H groups in total. The smallest absolute Gasteiger partial charge is 0.135 e. The van der Waals surface area contributed by atoms with Crippen LogP contribution in [0.2, 0.25) is 0 Å². The molecule has 0 unspecified atom stereocenters. The molecule has 1 aromatic carbocycles. The molecule has 0 saturated heterocycles. The van der Waals surface area contributed by atoms with Gasteiger partial charge in [0, 0.05) is 17.7 Å². The standard InChI is InChI=1S/C8H8F2O2/c1-12-5-2-7(9)6(4-11)8(10)3-5/h2-3,11H,4H2,1H3/i1D3. The lowest BCUT2D eigenvalue weighted by Crippen LogP contribution is -1.96. The van der Waals surface area contributed by atoms with Crippen molar-refractivity contribution in [3.05, 3.63) is 29.3 Å². The molecule has 0 atom stereocenters. The molecule has 0 saturated carbocycles. The molecule has 0 bridgehead atoms. The topological polar surface area (TPSA) is 29.5 Å². The fourth-order valence-corrected chi connectivity index (χ4v) is 0.790. The van der Waals surface area contributed by atoms with Crippen LogP contribution in [0.5, 0.6) is 5.75 Å². The summed E-state index contributed by atoms with van der Waals surface area (Å²) in [5, 5.41) is 8.59. The molecule has 0 aliphatic rings. The fourth-order valence-electron chi connectivity index (χ4n) is 0.790. The molecule has 4 heteroatoms. The maximum absolute atomic E-state index is 13.0. The second-order valence-electron chi connectivity index (χ2n) is 2.13. The average molecular weight is 177 g/mol. The largest absolute Gasteiger partial charge is 0.497 e. The Kier molecular flexibility index (Phi) is 1.59. The van der Waals surface area contributed by atoms with Gasteiger partial charge in [-0.2, -0.15) is 0 Å². The van der Waals surface area contributed by atoms with E-state index in [0.29, 0.717) is 12.1 Å².